The van der Waals surface area contributed by atoms with Gasteiger partial charge in [0.05, 0.1) is 27.8 Å². The summed E-state index contributed by atoms with van der Waals surface area (Å²) in [5.74, 6) is 1.39. The van der Waals surface area contributed by atoms with Crippen molar-refractivity contribution in [1.82, 2.24) is 10.2 Å². The molecule has 0 heterocycles. The van der Waals surface area contributed by atoms with Crippen molar-refractivity contribution >= 4 is 11.8 Å². The Morgan fingerprint density at radius 3 is 2.18 bits per heavy atom. The van der Waals surface area contributed by atoms with Gasteiger partial charge in [-0.1, -0.05) is 48.5 Å². The van der Waals surface area contributed by atoms with Gasteiger partial charge in [0.1, 0.15) is 11.8 Å². The molecule has 0 bridgehead atoms. The maximum atomic E-state index is 14.0. The first-order chi connectivity index (χ1) is 19.0. The van der Waals surface area contributed by atoms with Crippen LogP contribution in [0.15, 0.2) is 72.8 Å². The van der Waals surface area contributed by atoms with Crippen molar-refractivity contribution in [2.24, 2.45) is 0 Å². The standard InChI is InChI=1S/C31H38N2O6/c1-5-39-19-9-18-32-31(35)30(25-10-7-6-8-11-25)33(22-23-12-15-26(36-2)16-13-23)29(34)21-24-14-17-27(37-3)28(20-24)38-4/h6-8,10-17,20,30H,5,9,18-19,21-22H2,1-4H3,(H,32,35)/t30-/m0/s1. The van der Waals surface area contributed by atoms with Gasteiger partial charge in [-0.25, -0.2) is 0 Å². The van der Waals surface area contributed by atoms with Gasteiger partial charge in [-0.15, -0.1) is 0 Å². The van der Waals surface area contributed by atoms with E-state index in [-0.39, 0.29) is 24.8 Å². The molecule has 3 rings (SSSR count). The Morgan fingerprint density at radius 2 is 1.54 bits per heavy atom. The van der Waals surface area contributed by atoms with Crippen LogP contribution in [0.3, 0.4) is 0 Å². The van der Waals surface area contributed by atoms with Gasteiger partial charge >= 0.3 is 0 Å². The predicted molar refractivity (Wildman–Crippen MR) is 150 cm³/mol. The molecule has 0 spiro atoms. The highest BCUT2D eigenvalue weighted by atomic mass is 16.5. The number of rotatable bonds is 15. The largest absolute Gasteiger partial charge is 0.497 e. The van der Waals surface area contributed by atoms with E-state index in [1.165, 1.54) is 0 Å². The topological polar surface area (TPSA) is 86.3 Å². The predicted octanol–water partition coefficient (Wildman–Crippen LogP) is 4.57. The van der Waals surface area contributed by atoms with Gasteiger partial charge in [0.2, 0.25) is 11.8 Å². The smallest absolute Gasteiger partial charge is 0.247 e. The van der Waals surface area contributed by atoms with Crippen LogP contribution >= 0.6 is 0 Å². The average molecular weight is 535 g/mol. The minimum Gasteiger partial charge on any atom is -0.497 e. The van der Waals surface area contributed by atoms with Gasteiger partial charge in [-0.05, 0) is 54.3 Å². The molecule has 39 heavy (non-hydrogen) atoms. The lowest BCUT2D eigenvalue weighted by atomic mass is 10.0. The fourth-order valence-corrected chi connectivity index (χ4v) is 4.25. The highest BCUT2D eigenvalue weighted by Crippen LogP contribution is 2.29. The van der Waals surface area contributed by atoms with E-state index in [9.17, 15) is 9.59 Å². The number of hydrogen-bond acceptors (Lipinski definition) is 6. The van der Waals surface area contributed by atoms with E-state index in [1.807, 2.05) is 67.6 Å². The average Bonchev–Trinajstić information content (AvgIpc) is 2.97. The van der Waals surface area contributed by atoms with E-state index in [2.05, 4.69) is 5.32 Å². The number of carbonyl (C=O) groups is 2. The fourth-order valence-electron chi connectivity index (χ4n) is 4.25. The third kappa shape index (κ3) is 8.48. The number of benzene rings is 3. The molecule has 0 aliphatic rings. The van der Waals surface area contributed by atoms with Crippen molar-refractivity contribution in [2.75, 3.05) is 41.1 Å². The summed E-state index contributed by atoms with van der Waals surface area (Å²) >= 11 is 0. The molecule has 0 aromatic heterocycles. The second-order valence-electron chi connectivity index (χ2n) is 8.89. The second kappa shape index (κ2) is 15.4. The number of nitrogens with one attached hydrogen (secondary N) is 1. The van der Waals surface area contributed by atoms with Gasteiger partial charge in [-0.3, -0.25) is 9.59 Å². The van der Waals surface area contributed by atoms with E-state index < -0.39 is 6.04 Å². The zero-order valence-electron chi connectivity index (χ0n) is 23.1. The Bertz CT molecular complexity index is 1180. The molecule has 2 amide bonds. The maximum absolute atomic E-state index is 14.0. The van der Waals surface area contributed by atoms with Crippen LogP contribution < -0.4 is 19.5 Å². The van der Waals surface area contributed by atoms with Gasteiger partial charge in [0.25, 0.3) is 0 Å². The van der Waals surface area contributed by atoms with Crippen LogP contribution in [0.25, 0.3) is 0 Å². The van der Waals surface area contributed by atoms with Crippen molar-refractivity contribution in [3.05, 3.63) is 89.5 Å². The van der Waals surface area contributed by atoms with Gasteiger partial charge in [0, 0.05) is 26.3 Å². The molecule has 0 aliphatic carbocycles. The first kappa shape index (κ1) is 29.5. The zero-order chi connectivity index (χ0) is 28.0. The van der Waals surface area contributed by atoms with Crippen molar-refractivity contribution in [3.8, 4) is 17.2 Å². The van der Waals surface area contributed by atoms with Crippen LogP contribution in [0.4, 0.5) is 0 Å². The summed E-state index contributed by atoms with van der Waals surface area (Å²) < 4.78 is 21.5. The summed E-state index contributed by atoms with van der Waals surface area (Å²) in [6.45, 7) is 3.80. The monoisotopic (exact) mass is 534 g/mol. The Balaban J connectivity index is 1.94. The first-order valence-electron chi connectivity index (χ1n) is 13.0. The van der Waals surface area contributed by atoms with Crippen LogP contribution in [-0.2, 0) is 27.3 Å². The molecule has 8 heteroatoms. The molecule has 208 valence electrons. The molecule has 1 atom stereocenters. The minimum absolute atomic E-state index is 0.0808. The number of carbonyl (C=O) groups excluding carboxylic acids is 2. The third-order valence-corrected chi connectivity index (χ3v) is 6.28. The summed E-state index contributed by atoms with van der Waals surface area (Å²) in [6.07, 6.45) is 0.761. The summed E-state index contributed by atoms with van der Waals surface area (Å²) in [4.78, 5) is 29.2. The van der Waals surface area contributed by atoms with Crippen LogP contribution in [0.2, 0.25) is 0 Å². The van der Waals surface area contributed by atoms with Crippen molar-refractivity contribution < 1.29 is 28.5 Å². The lowest BCUT2D eigenvalue weighted by Gasteiger charge is -2.32. The summed E-state index contributed by atoms with van der Waals surface area (Å²) in [6, 6.07) is 21.4. The van der Waals surface area contributed by atoms with E-state index in [1.54, 1.807) is 38.4 Å². The fraction of sp³-hybridized carbons (Fsp3) is 0.355. The first-order valence-corrected chi connectivity index (χ1v) is 13.0. The number of nitrogens with zero attached hydrogens (tertiary/aromatic N) is 1. The Morgan fingerprint density at radius 1 is 0.846 bits per heavy atom. The zero-order valence-corrected chi connectivity index (χ0v) is 23.1. The van der Waals surface area contributed by atoms with E-state index in [0.717, 1.165) is 16.7 Å². The Labute approximate surface area is 230 Å². The molecular weight excluding hydrogens is 496 g/mol. The highest BCUT2D eigenvalue weighted by Gasteiger charge is 2.31. The molecule has 0 unspecified atom stereocenters. The van der Waals surface area contributed by atoms with Crippen molar-refractivity contribution in [1.29, 1.82) is 0 Å². The number of amides is 2. The highest BCUT2D eigenvalue weighted by molar-refractivity contribution is 5.89. The maximum Gasteiger partial charge on any atom is 0.247 e. The van der Waals surface area contributed by atoms with Crippen LogP contribution in [0.1, 0.15) is 36.1 Å². The molecule has 0 saturated heterocycles. The molecule has 3 aromatic carbocycles. The number of methoxy groups -OCH3 is 3. The van der Waals surface area contributed by atoms with E-state index in [4.69, 9.17) is 18.9 Å². The van der Waals surface area contributed by atoms with E-state index in [0.29, 0.717) is 43.4 Å². The minimum atomic E-state index is -0.826. The van der Waals surface area contributed by atoms with Crippen molar-refractivity contribution in [2.45, 2.75) is 32.4 Å². The van der Waals surface area contributed by atoms with Crippen LogP contribution in [-0.4, -0.2) is 57.8 Å². The second-order valence-corrected chi connectivity index (χ2v) is 8.89. The molecule has 0 aliphatic heterocycles. The summed E-state index contributed by atoms with van der Waals surface area (Å²) in [5.41, 5.74) is 2.36. The van der Waals surface area contributed by atoms with Gasteiger partial charge in [-0.2, -0.15) is 0 Å². The lowest BCUT2D eigenvalue weighted by Crippen LogP contribution is -2.44. The van der Waals surface area contributed by atoms with Crippen molar-refractivity contribution in [3.63, 3.8) is 0 Å². The Hall–Kier alpha value is -4.04. The molecule has 8 nitrogen and oxygen atoms in total. The van der Waals surface area contributed by atoms with Gasteiger partial charge < -0.3 is 29.2 Å². The molecule has 3 aromatic rings. The van der Waals surface area contributed by atoms with Gasteiger partial charge in [0.15, 0.2) is 11.5 Å². The van der Waals surface area contributed by atoms with E-state index >= 15 is 0 Å². The van der Waals surface area contributed by atoms with Crippen LogP contribution in [0, 0.1) is 0 Å². The normalized spacial score (nSPS) is 11.4. The molecule has 0 fully saturated rings. The SMILES string of the molecule is CCOCCCNC(=O)[C@H](c1ccccc1)N(Cc1ccc(OC)cc1)C(=O)Cc1ccc(OC)c(OC)c1. The number of hydrogen-bond donors (Lipinski definition) is 1. The quantitative estimate of drug-likeness (QED) is 0.288. The Kier molecular flexibility index (Phi) is 11.6. The number of ether oxygens (including phenoxy) is 4. The van der Waals surface area contributed by atoms with Crippen LogP contribution in [0.5, 0.6) is 17.2 Å². The molecule has 0 saturated carbocycles. The molecular formula is C31H38N2O6. The lowest BCUT2D eigenvalue weighted by molar-refractivity contribution is -0.141. The summed E-state index contributed by atoms with van der Waals surface area (Å²) in [5, 5.41) is 3.01. The molecule has 0 radical (unpaired) electrons. The summed E-state index contributed by atoms with van der Waals surface area (Å²) in [7, 11) is 4.73. The molecule has 1 N–H and O–H groups in total. The third-order valence-electron chi connectivity index (χ3n) is 6.28.